The van der Waals surface area contributed by atoms with Gasteiger partial charge in [0.2, 0.25) is 0 Å². The molecule has 1 aromatic heterocycles. The summed E-state index contributed by atoms with van der Waals surface area (Å²) >= 11 is 0. The molecule has 2 aromatic rings. The van der Waals surface area contributed by atoms with Gasteiger partial charge in [0.1, 0.15) is 0 Å². The molecule has 0 spiro atoms. The largest absolute Gasteiger partial charge is 0.417 e. The molecule has 5 nitrogen and oxygen atoms in total. The number of alkyl halides is 3. The average molecular weight is 456 g/mol. The molecule has 170 valence electrons. The van der Waals surface area contributed by atoms with Gasteiger partial charge < -0.3 is 0 Å². The molecule has 9 heteroatoms. The van der Waals surface area contributed by atoms with Crippen LogP contribution in [0.5, 0.6) is 0 Å². The first kappa shape index (κ1) is 23.7. The third-order valence-corrected chi connectivity index (χ3v) is 6.84. The number of rotatable bonds is 9. The van der Waals surface area contributed by atoms with Crippen LogP contribution in [0.4, 0.5) is 13.2 Å². The first-order chi connectivity index (χ1) is 14.6. The van der Waals surface area contributed by atoms with E-state index in [0.717, 1.165) is 56.5 Å². The van der Waals surface area contributed by atoms with Crippen LogP contribution in [0, 0.1) is 0 Å². The van der Waals surface area contributed by atoms with Crippen molar-refractivity contribution in [2.45, 2.75) is 63.3 Å². The summed E-state index contributed by atoms with van der Waals surface area (Å²) in [5.74, 6) is 0. The van der Waals surface area contributed by atoms with Crippen LogP contribution in [-0.4, -0.2) is 37.4 Å². The van der Waals surface area contributed by atoms with Crippen LogP contribution in [0.2, 0.25) is 0 Å². The molecule has 3 rings (SSSR count). The lowest BCUT2D eigenvalue weighted by molar-refractivity contribution is -0.137. The average Bonchev–Trinajstić information content (AvgIpc) is 3.15. The van der Waals surface area contributed by atoms with Crippen molar-refractivity contribution in [1.29, 1.82) is 0 Å². The van der Waals surface area contributed by atoms with Gasteiger partial charge in [-0.25, -0.2) is 18.1 Å². The SMILES string of the molecule is CCCN(CCC)C1Cc2ccc(CNS(=O)(=O)c3ccc(C(F)(F)F)cn3)cc2C1. The summed E-state index contributed by atoms with van der Waals surface area (Å²) in [6, 6.07) is 8.02. The minimum Gasteiger partial charge on any atom is -0.300 e. The van der Waals surface area contributed by atoms with Crippen LogP contribution in [-0.2, 0) is 35.6 Å². The number of benzene rings is 1. The molecule has 1 aromatic carbocycles. The van der Waals surface area contributed by atoms with Gasteiger partial charge in [-0.2, -0.15) is 13.2 Å². The van der Waals surface area contributed by atoms with Gasteiger partial charge in [-0.05, 0) is 67.6 Å². The van der Waals surface area contributed by atoms with Crippen molar-refractivity contribution in [2.75, 3.05) is 13.1 Å². The topological polar surface area (TPSA) is 62.3 Å². The maximum absolute atomic E-state index is 12.6. The van der Waals surface area contributed by atoms with Crippen molar-refractivity contribution in [1.82, 2.24) is 14.6 Å². The second-order valence-electron chi connectivity index (χ2n) is 7.91. The lowest BCUT2D eigenvalue weighted by atomic mass is 10.1. The number of halogens is 3. The Balaban J connectivity index is 1.65. The summed E-state index contributed by atoms with van der Waals surface area (Å²) in [6.45, 7) is 6.55. The van der Waals surface area contributed by atoms with Crippen LogP contribution in [0.3, 0.4) is 0 Å². The zero-order chi connectivity index (χ0) is 22.6. The van der Waals surface area contributed by atoms with Gasteiger partial charge in [-0.3, -0.25) is 4.90 Å². The molecular weight excluding hydrogens is 427 g/mol. The number of nitrogens with one attached hydrogen (secondary N) is 1. The van der Waals surface area contributed by atoms with E-state index in [2.05, 4.69) is 28.5 Å². The van der Waals surface area contributed by atoms with E-state index in [1.165, 1.54) is 11.1 Å². The van der Waals surface area contributed by atoms with Gasteiger partial charge in [0.25, 0.3) is 10.0 Å². The Labute approximate surface area is 181 Å². The minimum atomic E-state index is -4.56. The molecule has 1 heterocycles. The third kappa shape index (κ3) is 5.84. The first-order valence-corrected chi connectivity index (χ1v) is 12.0. The summed E-state index contributed by atoms with van der Waals surface area (Å²) in [4.78, 5) is 6.00. The fraction of sp³-hybridized carbons (Fsp3) is 0.500. The highest BCUT2D eigenvalue weighted by Crippen LogP contribution is 2.29. The molecule has 1 aliphatic rings. The number of sulfonamides is 1. The third-order valence-electron chi connectivity index (χ3n) is 5.53. The van der Waals surface area contributed by atoms with E-state index in [-0.39, 0.29) is 6.54 Å². The fourth-order valence-electron chi connectivity index (χ4n) is 4.03. The molecule has 0 fully saturated rings. The van der Waals surface area contributed by atoms with Crippen molar-refractivity contribution in [3.63, 3.8) is 0 Å². The second kappa shape index (κ2) is 9.67. The van der Waals surface area contributed by atoms with Crippen molar-refractivity contribution < 1.29 is 21.6 Å². The Hall–Kier alpha value is -1.97. The van der Waals surface area contributed by atoms with E-state index >= 15 is 0 Å². The first-order valence-electron chi connectivity index (χ1n) is 10.5. The molecule has 1 aliphatic carbocycles. The summed E-state index contributed by atoms with van der Waals surface area (Å²) in [5, 5.41) is -0.434. The van der Waals surface area contributed by atoms with E-state index in [9.17, 15) is 21.6 Å². The summed E-state index contributed by atoms with van der Waals surface area (Å²) in [6.07, 6.45) is 0.125. The molecule has 0 aliphatic heterocycles. The van der Waals surface area contributed by atoms with E-state index < -0.39 is 26.8 Å². The minimum absolute atomic E-state index is 0.0522. The molecule has 0 saturated carbocycles. The molecule has 0 saturated heterocycles. The van der Waals surface area contributed by atoms with Crippen molar-refractivity contribution in [3.8, 4) is 0 Å². The molecule has 1 unspecified atom stereocenters. The lowest BCUT2D eigenvalue weighted by Crippen LogP contribution is -2.37. The van der Waals surface area contributed by atoms with Crippen molar-refractivity contribution in [2.24, 2.45) is 0 Å². The second-order valence-corrected chi connectivity index (χ2v) is 9.62. The van der Waals surface area contributed by atoms with Gasteiger partial charge in [0, 0.05) is 18.8 Å². The molecule has 0 amide bonds. The molecule has 1 atom stereocenters. The fourth-order valence-corrected chi connectivity index (χ4v) is 4.97. The number of nitrogens with zero attached hydrogens (tertiary/aromatic N) is 2. The van der Waals surface area contributed by atoms with Crippen LogP contribution in [0.25, 0.3) is 0 Å². The Morgan fingerprint density at radius 1 is 1.06 bits per heavy atom. The van der Waals surface area contributed by atoms with Gasteiger partial charge in [-0.15, -0.1) is 0 Å². The highest BCUT2D eigenvalue weighted by atomic mass is 32.2. The molecule has 1 N–H and O–H groups in total. The molecular formula is C22H28F3N3O2S. The summed E-state index contributed by atoms with van der Waals surface area (Å²) < 4.78 is 65.2. The van der Waals surface area contributed by atoms with Crippen LogP contribution in [0.15, 0.2) is 41.6 Å². The molecule has 0 bridgehead atoms. The lowest BCUT2D eigenvalue weighted by Gasteiger charge is -2.27. The number of fused-ring (bicyclic) bond motifs is 1. The maximum atomic E-state index is 12.6. The Bertz CT molecular complexity index is 986. The van der Waals surface area contributed by atoms with Gasteiger partial charge in [0.15, 0.2) is 5.03 Å². The predicted molar refractivity (Wildman–Crippen MR) is 113 cm³/mol. The van der Waals surface area contributed by atoms with Gasteiger partial charge in [-0.1, -0.05) is 32.0 Å². The summed E-state index contributed by atoms with van der Waals surface area (Å²) in [5.41, 5.74) is 2.34. The highest BCUT2D eigenvalue weighted by molar-refractivity contribution is 7.89. The Morgan fingerprint density at radius 3 is 2.32 bits per heavy atom. The smallest absolute Gasteiger partial charge is 0.300 e. The Kier molecular flexibility index (Phi) is 7.39. The quantitative estimate of drug-likeness (QED) is 0.617. The zero-order valence-electron chi connectivity index (χ0n) is 17.7. The van der Waals surface area contributed by atoms with Crippen molar-refractivity contribution in [3.05, 3.63) is 58.8 Å². The monoisotopic (exact) mass is 455 g/mol. The van der Waals surface area contributed by atoms with Gasteiger partial charge in [0.05, 0.1) is 5.56 Å². The van der Waals surface area contributed by atoms with E-state index in [4.69, 9.17) is 0 Å². The molecule has 0 radical (unpaired) electrons. The van der Waals surface area contributed by atoms with Crippen LogP contribution < -0.4 is 4.72 Å². The Morgan fingerprint density at radius 2 is 1.74 bits per heavy atom. The van der Waals surface area contributed by atoms with Gasteiger partial charge >= 0.3 is 6.18 Å². The maximum Gasteiger partial charge on any atom is 0.417 e. The van der Waals surface area contributed by atoms with Crippen LogP contribution >= 0.6 is 0 Å². The number of hydrogen-bond acceptors (Lipinski definition) is 4. The number of aromatic nitrogens is 1. The predicted octanol–water partition coefficient (Wildman–Crippen LogP) is 4.17. The number of pyridine rings is 1. The highest BCUT2D eigenvalue weighted by Gasteiger charge is 2.31. The van der Waals surface area contributed by atoms with E-state index in [1.54, 1.807) is 0 Å². The standard InChI is InChI=1S/C22H28F3N3O2S/c1-3-9-28(10-4-2)20-12-17-6-5-16(11-18(17)13-20)14-27-31(29,30)21-8-7-19(15-26-21)22(23,24)25/h5-8,11,15,20,27H,3-4,9-10,12-14H2,1-2H3. The van der Waals surface area contributed by atoms with E-state index in [1.807, 2.05) is 18.2 Å². The van der Waals surface area contributed by atoms with Crippen LogP contribution in [0.1, 0.15) is 48.9 Å². The number of hydrogen-bond donors (Lipinski definition) is 1. The normalized spacial score (nSPS) is 16.6. The van der Waals surface area contributed by atoms with E-state index in [0.29, 0.717) is 12.2 Å². The molecule has 31 heavy (non-hydrogen) atoms. The van der Waals surface area contributed by atoms with Crippen molar-refractivity contribution >= 4 is 10.0 Å². The summed E-state index contributed by atoms with van der Waals surface area (Å²) in [7, 11) is -4.01. The zero-order valence-corrected chi connectivity index (χ0v) is 18.6.